The molecule has 0 bridgehead atoms. The Labute approximate surface area is 85.2 Å². The van der Waals surface area contributed by atoms with Crippen LogP contribution < -0.4 is 0 Å². The van der Waals surface area contributed by atoms with Crippen LogP contribution in [0.2, 0.25) is 0 Å². The van der Waals surface area contributed by atoms with Crippen LogP contribution in [-0.4, -0.2) is 0 Å². The second-order valence-corrected chi connectivity index (χ2v) is 3.59. The van der Waals surface area contributed by atoms with Gasteiger partial charge in [0.25, 0.3) is 0 Å². The summed E-state index contributed by atoms with van der Waals surface area (Å²) in [6.07, 6.45) is 0. The summed E-state index contributed by atoms with van der Waals surface area (Å²) in [5, 5.41) is 0. The van der Waals surface area contributed by atoms with Crippen molar-refractivity contribution in [3.63, 3.8) is 0 Å². The van der Waals surface area contributed by atoms with Crippen LogP contribution in [0.4, 0.5) is 0 Å². The van der Waals surface area contributed by atoms with E-state index in [4.69, 9.17) is 0 Å². The Hall–Kier alpha value is -1.56. The van der Waals surface area contributed by atoms with E-state index in [1.807, 2.05) is 12.1 Å². The van der Waals surface area contributed by atoms with E-state index < -0.39 is 0 Å². The molecule has 0 saturated carbocycles. The Bertz CT molecular complexity index is 424. The van der Waals surface area contributed by atoms with Gasteiger partial charge in [0.1, 0.15) is 0 Å². The van der Waals surface area contributed by atoms with E-state index in [1.54, 1.807) is 0 Å². The van der Waals surface area contributed by atoms with Crippen LogP contribution in [0, 0.1) is 19.9 Å². The second kappa shape index (κ2) is 3.67. The van der Waals surface area contributed by atoms with Gasteiger partial charge in [0, 0.05) is 0 Å². The zero-order valence-electron chi connectivity index (χ0n) is 8.54. The van der Waals surface area contributed by atoms with E-state index in [0.29, 0.717) is 0 Å². The lowest BCUT2D eigenvalue weighted by atomic mass is 10.00. The molecule has 2 aromatic carbocycles. The molecule has 0 N–H and O–H groups in total. The van der Waals surface area contributed by atoms with Crippen molar-refractivity contribution in [2.24, 2.45) is 0 Å². The van der Waals surface area contributed by atoms with Crippen LogP contribution in [0.25, 0.3) is 11.1 Å². The lowest BCUT2D eigenvalue weighted by Gasteiger charge is -2.04. The van der Waals surface area contributed by atoms with E-state index >= 15 is 0 Å². The second-order valence-electron chi connectivity index (χ2n) is 3.59. The molecule has 0 unspecified atom stereocenters. The minimum Gasteiger partial charge on any atom is -0.0613 e. The molecule has 0 saturated heterocycles. The molecule has 2 rings (SSSR count). The highest BCUT2D eigenvalue weighted by atomic mass is 14.0. The van der Waals surface area contributed by atoms with Crippen LogP contribution in [0.15, 0.2) is 42.5 Å². The number of aryl methyl sites for hydroxylation is 2. The molecule has 0 aromatic heterocycles. The van der Waals surface area contributed by atoms with Gasteiger partial charge in [0.05, 0.1) is 0 Å². The first kappa shape index (κ1) is 9.01. The minimum atomic E-state index is 1.20. The number of benzene rings is 2. The predicted octanol–water partition coefficient (Wildman–Crippen LogP) is 3.77. The fourth-order valence-electron chi connectivity index (χ4n) is 1.55. The molecule has 0 aliphatic carbocycles. The van der Waals surface area contributed by atoms with Crippen LogP contribution in [0.3, 0.4) is 0 Å². The third-order valence-electron chi connectivity index (χ3n) is 2.40. The molecule has 0 heterocycles. The topological polar surface area (TPSA) is 0 Å². The molecule has 0 nitrogen and oxygen atoms in total. The van der Waals surface area contributed by atoms with E-state index in [1.165, 1.54) is 22.3 Å². The zero-order valence-corrected chi connectivity index (χ0v) is 8.54. The Morgan fingerprint density at radius 3 is 2.29 bits per heavy atom. The third kappa shape index (κ3) is 1.69. The third-order valence-corrected chi connectivity index (χ3v) is 2.40. The van der Waals surface area contributed by atoms with Gasteiger partial charge in [-0.05, 0) is 36.6 Å². The van der Waals surface area contributed by atoms with Gasteiger partial charge in [-0.25, -0.2) is 0 Å². The first-order chi connectivity index (χ1) is 6.77. The molecule has 0 aliphatic rings. The van der Waals surface area contributed by atoms with E-state index in [0.717, 1.165) is 0 Å². The van der Waals surface area contributed by atoms with Gasteiger partial charge in [-0.3, -0.25) is 0 Å². The number of hydrogen-bond acceptors (Lipinski definition) is 0. The van der Waals surface area contributed by atoms with Gasteiger partial charge < -0.3 is 0 Å². The lowest BCUT2D eigenvalue weighted by Crippen LogP contribution is -1.82. The lowest BCUT2D eigenvalue weighted by molar-refractivity contribution is 1.43. The summed E-state index contributed by atoms with van der Waals surface area (Å²) in [5.41, 5.74) is 5.01. The normalized spacial score (nSPS) is 10.1. The Morgan fingerprint density at radius 1 is 0.929 bits per heavy atom. The highest BCUT2D eigenvalue weighted by Crippen LogP contribution is 2.22. The largest absolute Gasteiger partial charge is 0.0613 e. The maximum Gasteiger partial charge on any atom is -0.00759 e. The van der Waals surface area contributed by atoms with Crippen LogP contribution in [0.5, 0.6) is 0 Å². The molecule has 69 valence electrons. The van der Waals surface area contributed by atoms with Gasteiger partial charge >= 0.3 is 0 Å². The zero-order chi connectivity index (χ0) is 9.97. The van der Waals surface area contributed by atoms with E-state index in [9.17, 15) is 0 Å². The van der Waals surface area contributed by atoms with Gasteiger partial charge in [-0.2, -0.15) is 0 Å². The standard InChI is InChI=1S/C14H13/c1-11-7-9-13(10-8-11)14-6-4-3-5-12(14)2/h3-5,7-10H,1-2H3. The summed E-state index contributed by atoms with van der Waals surface area (Å²) in [7, 11) is 0. The summed E-state index contributed by atoms with van der Waals surface area (Å²) in [6, 6.07) is 17.9. The molecule has 2 aromatic rings. The van der Waals surface area contributed by atoms with E-state index in [-0.39, 0.29) is 0 Å². The molecule has 1 radical (unpaired) electrons. The fraction of sp³-hybridized carbons (Fsp3) is 0.143. The monoisotopic (exact) mass is 181 g/mol. The molecule has 0 fully saturated rings. The smallest absolute Gasteiger partial charge is 0.00759 e. The summed E-state index contributed by atoms with van der Waals surface area (Å²) in [6.45, 7) is 4.22. The average Bonchev–Trinajstić information content (AvgIpc) is 2.20. The maximum absolute atomic E-state index is 3.27. The van der Waals surface area contributed by atoms with Crippen molar-refractivity contribution < 1.29 is 0 Å². The molecule has 0 amide bonds. The first-order valence-corrected chi connectivity index (χ1v) is 4.82. The number of rotatable bonds is 1. The van der Waals surface area contributed by atoms with Crippen LogP contribution >= 0.6 is 0 Å². The van der Waals surface area contributed by atoms with Gasteiger partial charge in [-0.1, -0.05) is 48.0 Å². The van der Waals surface area contributed by atoms with Crippen molar-refractivity contribution in [3.8, 4) is 11.1 Å². The van der Waals surface area contributed by atoms with E-state index in [2.05, 4.69) is 50.2 Å². The molecule has 0 atom stereocenters. The van der Waals surface area contributed by atoms with Crippen LogP contribution in [-0.2, 0) is 0 Å². The van der Waals surface area contributed by atoms with Crippen molar-refractivity contribution in [2.75, 3.05) is 0 Å². The maximum atomic E-state index is 3.27. The summed E-state index contributed by atoms with van der Waals surface area (Å²) >= 11 is 0. The van der Waals surface area contributed by atoms with Crippen LogP contribution in [0.1, 0.15) is 11.1 Å². The number of hydrogen-bond donors (Lipinski definition) is 0. The highest BCUT2D eigenvalue weighted by Gasteiger charge is 1.99. The van der Waals surface area contributed by atoms with Crippen molar-refractivity contribution in [2.45, 2.75) is 13.8 Å². The fourth-order valence-corrected chi connectivity index (χ4v) is 1.55. The van der Waals surface area contributed by atoms with Gasteiger partial charge in [0.2, 0.25) is 0 Å². The Kier molecular flexibility index (Phi) is 2.36. The van der Waals surface area contributed by atoms with Crippen molar-refractivity contribution in [1.29, 1.82) is 0 Å². The van der Waals surface area contributed by atoms with Crippen molar-refractivity contribution in [1.82, 2.24) is 0 Å². The highest BCUT2D eigenvalue weighted by molar-refractivity contribution is 5.66. The Balaban J connectivity index is 2.50. The first-order valence-electron chi connectivity index (χ1n) is 4.82. The molecule has 0 heteroatoms. The summed E-state index contributed by atoms with van der Waals surface area (Å²) in [5.74, 6) is 0. The van der Waals surface area contributed by atoms with Crippen molar-refractivity contribution in [3.05, 3.63) is 59.7 Å². The van der Waals surface area contributed by atoms with Gasteiger partial charge in [0.15, 0.2) is 0 Å². The summed E-state index contributed by atoms with van der Waals surface area (Å²) < 4.78 is 0. The molecular weight excluding hydrogens is 168 g/mol. The average molecular weight is 181 g/mol. The molecule has 0 aliphatic heterocycles. The predicted molar refractivity (Wildman–Crippen MR) is 60.2 cm³/mol. The summed E-state index contributed by atoms with van der Waals surface area (Å²) in [4.78, 5) is 0. The Morgan fingerprint density at radius 2 is 1.64 bits per heavy atom. The van der Waals surface area contributed by atoms with Gasteiger partial charge in [-0.15, -0.1) is 0 Å². The SMILES string of the molecule is Cc1ccc(-c2[c]cccc2C)cc1. The minimum absolute atomic E-state index is 1.20. The van der Waals surface area contributed by atoms with Crippen molar-refractivity contribution >= 4 is 0 Å². The molecule has 0 spiro atoms. The molecule has 14 heavy (non-hydrogen) atoms. The quantitative estimate of drug-likeness (QED) is 0.628. The molecular formula is C14H13.